The molecule has 1 aromatic heterocycles. The van der Waals surface area contributed by atoms with E-state index in [1.165, 1.54) is 0 Å². The molecule has 5 heteroatoms. The van der Waals surface area contributed by atoms with Crippen LogP contribution in [0.4, 0.5) is 0 Å². The zero-order valence-electron chi connectivity index (χ0n) is 14.0. The Morgan fingerprint density at radius 1 is 0.808 bits per heavy atom. The van der Waals surface area contributed by atoms with E-state index < -0.39 is 0 Å². The lowest BCUT2D eigenvalue weighted by atomic mass is 10.1. The highest BCUT2D eigenvalue weighted by molar-refractivity contribution is 5.66. The van der Waals surface area contributed by atoms with Crippen molar-refractivity contribution in [1.82, 2.24) is 15.0 Å². The van der Waals surface area contributed by atoms with Crippen LogP contribution in [0.1, 0.15) is 12.8 Å². The molecule has 1 aliphatic carbocycles. The number of ether oxygens (including phenoxy) is 1. The second kappa shape index (κ2) is 7.19. The predicted molar refractivity (Wildman–Crippen MR) is 99.4 cm³/mol. The third-order valence-corrected chi connectivity index (χ3v) is 3.96. The van der Waals surface area contributed by atoms with Gasteiger partial charge in [0.15, 0.2) is 11.6 Å². The van der Waals surface area contributed by atoms with Crippen LogP contribution < -0.4 is 4.74 Å². The van der Waals surface area contributed by atoms with Crippen LogP contribution in [0.15, 0.2) is 78.6 Å². The van der Waals surface area contributed by atoms with Gasteiger partial charge in [-0.1, -0.05) is 48.5 Å². The third-order valence-electron chi connectivity index (χ3n) is 3.96. The number of aromatic nitrogens is 3. The number of benzene rings is 2. The Labute approximate surface area is 151 Å². The molecule has 0 atom stereocenters. The molecule has 0 bridgehead atoms. The minimum absolute atomic E-state index is 0.112. The highest BCUT2D eigenvalue weighted by Gasteiger charge is 2.14. The van der Waals surface area contributed by atoms with E-state index in [2.05, 4.69) is 21.0 Å². The van der Waals surface area contributed by atoms with Crippen LogP contribution in [0.2, 0.25) is 0 Å². The average Bonchev–Trinajstić information content (AvgIpc) is 2.69. The lowest BCUT2D eigenvalue weighted by Gasteiger charge is -2.11. The van der Waals surface area contributed by atoms with Gasteiger partial charge in [-0.15, -0.1) is 0 Å². The van der Waals surface area contributed by atoms with E-state index in [0.717, 1.165) is 18.4 Å². The third kappa shape index (κ3) is 3.47. The Kier molecular flexibility index (Phi) is 4.43. The smallest absolute Gasteiger partial charge is 0.326 e. The Morgan fingerprint density at radius 2 is 1.58 bits per heavy atom. The van der Waals surface area contributed by atoms with Gasteiger partial charge in [0.1, 0.15) is 11.5 Å². The quantitative estimate of drug-likeness (QED) is 0.754. The van der Waals surface area contributed by atoms with Gasteiger partial charge >= 0.3 is 6.01 Å². The number of para-hydroxylation sites is 1. The lowest BCUT2D eigenvalue weighted by Crippen LogP contribution is -2.04. The van der Waals surface area contributed by atoms with Crippen LogP contribution >= 0.6 is 0 Å². The summed E-state index contributed by atoms with van der Waals surface area (Å²) < 4.78 is 5.85. The molecular formula is C21H17N3O2. The predicted octanol–water partition coefficient (Wildman–Crippen LogP) is 4.52. The van der Waals surface area contributed by atoms with Crippen LogP contribution in [0.3, 0.4) is 0 Å². The largest absolute Gasteiger partial charge is 0.507 e. The monoisotopic (exact) mass is 343 g/mol. The van der Waals surface area contributed by atoms with Crippen molar-refractivity contribution < 1.29 is 9.84 Å². The molecule has 0 unspecified atom stereocenters. The first-order valence-electron chi connectivity index (χ1n) is 8.44. The summed E-state index contributed by atoms with van der Waals surface area (Å²) in [5.41, 5.74) is 1.38. The summed E-state index contributed by atoms with van der Waals surface area (Å²) in [7, 11) is 0. The number of nitrogens with zero attached hydrogens (tertiary/aromatic N) is 3. The number of allylic oxidation sites excluding steroid dienone is 3. The maximum Gasteiger partial charge on any atom is 0.326 e. The SMILES string of the molecule is Oc1ccccc1-c1nc(OC2=CCCC=C2)nc(-c2ccccc2)n1. The second-order valence-electron chi connectivity index (χ2n) is 5.84. The first kappa shape index (κ1) is 16.0. The van der Waals surface area contributed by atoms with Crippen LogP contribution in [0.5, 0.6) is 11.8 Å². The highest BCUT2D eigenvalue weighted by Crippen LogP contribution is 2.29. The number of phenolic OH excluding ortho intramolecular Hbond substituents is 1. The number of hydrogen-bond acceptors (Lipinski definition) is 5. The molecular weight excluding hydrogens is 326 g/mol. The average molecular weight is 343 g/mol. The van der Waals surface area contributed by atoms with E-state index in [1.54, 1.807) is 18.2 Å². The molecule has 0 spiro atoms. The van der Waals surface area contributed by atoms with Crippen molar-refractivity contribution in [2.45, 2.75) is 12.8 Å². The Morgan fingerprint density at radius 3 is 2.35 bits per heavy atom. The molecule has 0 fully saturated rings. The van der Waals surface area contributed by atoms with Crippen molar-refractivity contribution in [3.05, 3.63) is 78.6 Å². The zero-order valence-corrected chi connectivity index (χ0v) is 14.0. The van der Waals surface area contributed by atoms with Gasteiger partial charge in [0.25, 0.3) is 0 Å². The van der Waals surface area contributed by atoms with Crippen molar-refractivity contribution in [2.24, 2.45) is 0 Å². The van der Waals surface area contributed by atoms with Crippen LogP contribution in [0.25, 0.3) is 22.8 Å². The van der Waals surface area contributed by atoms with Crippen LogP contribution in [-0.4, -0.2) is 20.1 Å². The van der Waals surface area contributed by atoms with Crippen molar-refractivity contribution in [2.75, 3.05) is 0 Å². The molecule has 0 saturated carbocycles. The minimum atomic E-state index is 0.112. The highest BCUT2D eigenvalue weighted by atomic mass is 16.5. The molecule has 5 nitrogen and oxygen atoms in total. The van der Waals surface area contributed by atoms with Gasteiger partial charge in [-0.2, -0.15) is 9.97 Å². The normalized spacial score (nSPS) is 13.3. The van der Waals surface area contributed by atoms with Crippen molar-refractivity contribution in [1.29, 1.82) is 0 Å². The van der Waals surface area contributed by atoms with E-state index in [0.29, 0.717) is 23.0 Å². The van der Waals surface area contributed by atoms with Gasteiger partial charge in [-0.3, -0.25) is 0 Å². The Bertz CT molecular complexity index is 982. The summed E-state index contributed by atoms with van der Waals surface area (Å²) in [6.45, 7) is 0. The van der Waals surface area contributed by atoms with Crippen molar-refractivity contribution in [3.63, 3.8) is 0 Å². The molecule has 4 rings (SSSR count). The number of phenols is 1. The molecule has 26 heavy (non-hydrogen) atoms. The molecule has 1 heterocycles. The van der Waals surface area contributed by atoms with Gasteiger partial charge in [0, 0.05) is 5.56 Å². The summed E-state index contributed by atoms with van der Waals surface area (Å²) in [5.74, 6) is 1.69. The molecule has 1 N–H and O–H groups in total. The van der Waals surface area contributed by atoms with Crippen molar-refractivity contribution in [3.8, 4) is 34.5 Å². The molecule has 128 valence electrons. The standard InChI is InChI=1S/C21H17N3O2/c25-18-14-8-7-13-17(18)20-22-19(15-9-3-1-4-10-15)23-21(24-20)26-16-11-5-2-6-12-16/h1,3-5,7-14,25H,2,6H2. The fourth-order valence-electron chi connectivity index (χ4n) is 2.67. The van der Waals surface area contributed by atoms with Gasteiger partial charge in [-0.25, -0.2) is 4.98 Å². The summed E-state index contributed by atoms with van der Waals surface area (Å²) in [6.07, 6.45) is 7.90. The summed E-state index contributed by atoms with van der Waals surface area (Å²) in [5, 5.41) is 10.2. The number of rotatable bonds is 4. The Balaban J connectivity index is 1.81. The molecule has 0 aliphatic heterocycles. The Hall–Kier alpha value is -3.47. The maximum atomic E-state index is 10.2. The second-order valence-corrected chi connectivity index (χ2v) is 5.84. The topological polar surface area (TPSA) is 68.1 Å². The molecule has 2 aromatic carbocycles. The lowest BCUT2D eigenvalue weighted by molar-refractivity contribution is 0.402. The first-order chi connectivity index (χ1) is 12.8. The number of aromatic hydroxyl groups is 1. The molecule has 1 aliphatic rings. The molecule has 3 aromatic rings. The van der Waals surface area contributed by atoms with Gasteiger partial charge in [-0.05, 0) is 37.1 Å². The zero-order chi connectivity index (χ0) is 17.8. The molecule has 0 amide bonds. The fraction of sp³-hybridized carbons (Fsp3) is 0.0952. The van der Waals surface area contributed by atoms with E-state index in [4.69, 9.17) is 4.74 Å². The van der Waals surface area contributed by atoms with Crippen LogP contribution in [0, 0.1) is 0 Å². The van der Waals surface area contributed by atoms with Crippen LogP contribution in [-0.2, 0) is 0 Å². The van der Waals surface area contributed by atoms with Gasteiger partial charge in [0.2, 0.25) is 0 Å². The summed E-state index contributed by atoms with van der Waals surface area (Å²) >= 11 is 0. The summed E-state index contributed by atoms with van der Waals surface area (Å²) in [6, 6.07) is 16.8. The minimum Gasteiger partial charge on any atom is -0.507 e. The molecule has 0 saturated heterocycles. The molecule has 0 radical (unpaired) electrons. The van der Waals surface area contributed by atoms with E-state index >= 15 is 0 Å². The summed E-state index contributed by atoms with van der Waals surface area (Å²) in [4.78, 5) is 13.4. The van der Waals surface area contributed by atoms with Crippen molar-refractivity contribution >= 4 is 0 Å². The number of hydrogen-bond donors (Lipinski definition) is 1. The maximum absolute atomic E-state index is 10.2. The van der Waals surface area contributed by atoms with Gasteiger partial charge < -0.3 is 9.84 Å². The van der Waals surface area contributed by atoms with E-state index in [9.17, 15) is 5.11 Å². The first-order valence-corrected chi connectivity index (χ1v) is 8.44. The van der Waals surface area contributed by atoms with Gasteiger partial charge in [0.05, 0.1) is 5.56 Å². The van der Waals surface area contributed by atoms with E-state index in [-0.39, 0.29) is 11.8 Å². The van der Waals surface area contributed by atoms with E-state index in [1.807, 2.05) is 48.6 Å². The fourth-order valence-corrected chi connectivity index (χ4v) is 2.67.